The summed E-state index contributed by atoms with van der Waals surface area (Å²) in [6.07, 6.45) is 6.22. The minimum absolute atomic E-state index is 0. The maximum absolute atomic E-state index is 11.8. The zero-order valence-corrected chi connectivity index (χ0v) is 21.5. The summed E-state index contributed by atoms with van der Waals surface area (Å²) in [5.41, 5.74) is 1.26. The highest BCUT2D eigenvalue weighted by molar-refractivity contribution is 14.0. The number of para-hydroxylation sites is 1. The normalized spacial score (nSPS) is 15.1. The van der Waals surface area contributed by atoms with Crippen LogP contribution in [0.4, 0.5) is 0 Å². The first kappa shape index (κ1) is 26.2. The summed E-state index contributed by atoms with van der Waals surface area (Å²) in [7, 11) is 3.53. The predicted octanol–water partition coefficient (Wildman–Crippen LogP) is 3.26. The van der Waals surface area contributed by atoms with Crippen molar-refractivity contribution in [2.24, 2.45) is 4.99 Å². The molecule has 32 heavy (non-hydrogen) atoms. The first-order valence-corrected chi connectivity index (χ1v) is 11.2. The fourth-order valence-electron chi connectivity index (χ4n) is 4.10. The number of methoxy groups -OCH3 is 1. The number of guanidine groups is 1. The lowest BCUT2D eigenvalue weighted by atomic mass is 10.0. The van der Waals surface area contributed by atoms with Crippen LogP contribution in [0, 0.1) is 0 Å². The molecule has 0 aliphatic carbocycles. The zero-order chi connectivity index (χ0) is 21.9. The summed E-state index contributed by atoms with van der Waals surface area (Å²) in [6, 6.07) is 13.8. The van der Waals surface area contributed by atoms with Gasteiger partial charge in [-0.25, -0.2) is 0 Å². The number of benzene rings is 1. The molecule has 7 nitrogen and oxygen atoms in total. The minimum atomic E-state index is 0. The molecule has 0 radical (unpaired) electrons. The second-order valence-corrected chi connectivity index (χ2v) is 7.82. The number of unbranched alkanes of at least 4 members (excludes halogenated alkanes) is 1. The van der Waals surface area contributed by atoms with E-state index in [1.165, 1.54) is 18.4 Å². The van der Waals surface area contributed by atoms with Gasteiger partial charge in [0.25, 0.3) is 0 Å². The average molecular weight is 553 g/mol. The Balaban J connectivity index is 0.00000363. The highest BCUT2D eigenvalue weighted by Gasteiger charge is 2.25. The fourth-order valence-corrected chi connectivity index (χ4v) is 4.10. The number of nitrogens with one attached hydrogen (secondary N) is 2. The monoisotopic (exact) mass is 553 g/mol. The van der Waals surface area contributed by atoms with Crippen LogP contribution in [0.1, 0.15) is 37.3 Å². The molecule has 0 amide bonds. The molecule has 1 aromatic heterocycles. The summed E-state index contributed by atoms with van der Waals surface area (Å²) in [5, 5.41) is 6.90. The maximum Gasteiger partial charge on any atom is 0.250 e. The van der Waals surface area contributed by atoms with Crippen molar-refractivity contribution in [2.75, 3.05) is 40.3 Å². The lowest BCUT2D eigenvalue weighted by molar-refractivity contribution is 0.239. The molecule has 1 saturated heterocycles. The number of nitrogens with zero attached hydrogens (tertiary/aromatic N) is 3. The Morgan fingerprint density at radius 2 is 1.84 bits per heavy atom. The van der Waals surface area contributed by atoms with Gasteiger partial charge in [-0.2, -0.15) is 0 Å². The van der Waals surface area contributed by atoms with Crippen molar-refractivity contribution in [2.45, 2.75) is 38.3 Å². The molecule has 1 fully saturated rings. The second-order valence-electron chi connectivity index (χ2n) is 7.82. The smallest absolute Gasteiger partial charge is 0.250 e. The number of ether oxygens (including phenoxy) is 1. The molecule has 3 rings (SSSR count). The molecule has 1 aliphatic rings. The number of likely N-dealkylation sites (tertiary alicyclic amines) is 1. The van der Waals surface area contributed by atoms with Crippen LogP contribution in [0.2, 0.25) is 0 Å². The first-order valence-electron chi connectivity index (χ1n) is 11.2. The summed E-state index contributed by atoms with van der Waals surface area (Å²) in [6.45, 7) is 4.52. The van der Waals surface area contributed by atoms with Crippen LogP contribution in [0.5, 0.6) is 5.75 Å². The van der Waals surface area contributed by atoms with E-state index in [9.17, 15) is 4.79 Å². The molecule has 2 N–H and O–H groups in total. The molecule has 0 bridgehead atoms. The molecule has 1 atom stereocenters. The molecule has 2 heterocycles. The third-order valence-corrected chi connectivity index (χ3v) is 5.78. The Morgan fingerprint density at radius 1 is 1.09 bits per heavy atom. The third kappa shape index (κ3) is 7.51. The first-order chi connectivity index (χ1) is 15.2. The van der Waals surface area contributed by atoms with Gasteiger partial charge in [0.15, 0.2) is 5.96 Å². The van der Waals surface area contributed by atoms with Crippen LogP contribution in [-0.4, -0.2) is 55.8 Å². The summed E-state index contributed by atoms with van der Waals surface area (Å²) < 4.78 is 7.38. The maximum atomic E-state index is 11.8. The van der Waals surface area contributed by atoms with Gasteiger partial charge in [0.1, 0.15) is 5.75 Å². The summed E-state index contributed by atoms with van der Waals surface area (Å²) in [4.78, 5) is 18.7. The van der Waals surface area contributed by atoms with Gasteiger partial charge >= 0.3 is 0 Å². The molecule has 1 aliphatic heterocycles. The average Bonchev–Trinajstić information content (AvgIpc) is 3.33. The van der Waals surface area contributed by atoms with Crippen molar-refractivity contribution in [1.82, 2.24) is 20.1 Å². The lowest BCUT2D eigenvalue weighted by Crippen LogP contribution is -2.43. The molecule has 8 heteroatoms. The predicted molar refractivity (Wildman–Crippen MR) is 141 cm³/mol. The van der Waals surface area contributed by atoms with E-state index >= 15 is 0 Å². The summed E-state index contributed by atoms with van der Waals surface area (Å²) in [5.74, 6) is 1.73. The van der Waals surface area contributed by atoms with E-state index in [1.54, 1.807) is 30.9 Å². The van der Waals surface area contributed by atoms with Gasteiger partial charge < -0.3 is 19.9 Å². The van der Waals surface area contributed by atoms with E-state index in [0.717, 1.165) is 57.3 Å². The molecule has 2 aromatic rings. The fraction of sp³-hybridized carbons (Fsp3) is 0.500. The Hall–Kier alpha value is -2.07. The van der Waals surface area contributed by atoms with Crippen molar-refractivity contribution < 1.29 is 4.74 Å². The van der Waals surface area contributed by atoms with Gasteiger partial charge in [-0.3, -0.25) is 14.7 Å². The van der Waals surface area contributed by atoms with E-state index in [4.69, 9.17) is 4.74 Å². The Morgan fingerprint density at radius 3 is 2.56 bits per heavy atom. The third-order valence-electron chi connectivity index (χ3n) is 5.78. The van der Waals surface area contributed by atoms with E-state index in [0.29, 0.717) is 0 Å². The van der Waals surface area contributed by atoms with Gasteiger partial charge in [-0.15, -0.1) is 24.0 Å². The molecule has 0 saturated carbocycles. The highest BCUT2D eigenvalue weighted by atomic mass is 127. The van der Waals surface area contributed by atoms with Crippen LogP contribution in [0.3, 0.4) is 0 Å². The van der Waals surface area contributed by atoms with Crippen LogP contribution < -0.4 is 20.9 Å². The number of pyridine rings is 1. The van der Waals surface area contributed by atoms with Gasteiger partial charge in [0.05, 0.1) is 13.2 Å². The van der Waals surface area contributed by atoms with Crippen LogP contribution >= 0.6 is 24.0 Å². The van der Waals surface area contributed by atoms with Gasteiger partial charge in [0.2, 0.25) is 5.56 Å². The van der Waals surface area contributed by atoms with Crippen molar-refractivity contribution in [3.63, 3.8) is 0 Å². The SMILES string of the molecule is CN=C(NCCCCn1ccccc1=O)NCC(c1ccccc1OC)N1CCCC1.I. The second kappa shape index (κ2) is 14.2. The highest BCUT2D eigenvalue weighted by Crippen LogP contribution is 2.31. The van der Waals surface area contributed by atoms with E-state index < -0.39 is 0 Å². The number of hydrogen-bond donors (Lipinski definition) is 2. The van der Waals surface area contributed by atoms with Gasteiger partial charge in [0, 0.05) is 44.5 Å². The van der Waals surface area contributed by atoms with Gasteiger partial charge in [-0.1, -0.05) is 24.3 Å². The molecule has 1 aromatic carbocycles. The Labute approximate surface area is 208 Å². The van der Waals surface area contributed by atoms with Crippen molar-refractivity contribution in [3.05, 3.63) is 64.6 Å². The lowest BCUT2D eigenvalue weighted by Gasteiger charge is -2.30. The van der Waals surface area contributed by atoms with Crippen molar-refractivity contribution in [3.8, 4) is 5.75 Å². The number of hydrogen-bond acceptors (Lipinski definition) is 4. The van der Waals surface area contributed by atoms with Crippen LogP contribution in [-0.2, 0) is 6.54 Å². The Kier molecular flexibility index (Phi) is 11.6. The standard InChI is InChI=1S/C24H35N5O2.HI/c1-25-24(26-14-6-8-18-29-17-7-5-13-23(29)30)27-19-21(28-15-9-10-16-28)20-11-3-4-12-22(20)31-2;/h3-5,7,11-13,17,21H,6,8-10,14-16,18-19H2,1-2H3,(H2,25,26,27);1H. The topological polar surface area (TPSA) is 70.9 Å². The quantitative estimate of drug-likeness (QED) is 0.205. The zero-order valence-electron chi connectivity index (χ0n) is 19.1. The number of aromatic nitrogens is 1. The number of aliphatic imine (C=N–C) groups is 1. The molecule has 176 valence electrons. The number of halogens is 1. The van der Waals surface area contributed by atoms with E-state index in [2.05, 4.69) is 32.7 Å². The summed E-state index contributed by atoms with van der Waals surface area (Å²) >= 11 is 0. The van der Waals surface area contributed by atoms with E-state index in [1.807, 2.05) is 24.4 Å². The molecule has 1 unspecified atom stereocenters. The van der Waals surface area contributed by atoms with E-state index in [-0.39, 0.29) is 35.6 Å². The Bertz CT molecular complexity index is 896. The largest absolute Gasteiger partial charge is 0.496 e. The van der Waals surface area contributed by atoms with Gasteiger partial charge in [-0.05, 0) is 50.9 Å². The van der Waals surface area contributed by atoms with Crippen molar-refractivity contribution in [1.29, 1.82) is 0 Å². The molecular formula is C24H36IN5O2. The number of rotatable bonds is 10. The molecular weight excluding hydrogens is 517 g/mol. The minimum Gasteiger partial charge on any atom is -0.496 e. The van der Waals surface area contributed by atoms with Crippen LogP contribution in [0.25, 0.3) is 0 Å². The molecule has 0 spiro atoms. The van der Waals surface area contributed by atoms with Crippen molar-refractivity contribution >= 4 is 29.9 Å². The van der Waals surface area contributed by atoms with Crippen LogP contribution in [0.15, 0.2) is 58.4 Å². The number of aryl methyl sites for hydroxylation is 1.